The molecule has 0 radical (unpaired) electrons. The Balaban J connectivity index is 0.000000867. The van der Waals surface area contributed by atoms with Crippen molar-refractivity contribution in [3.8, 4) is 0 Å². The Morgan fingerprint density at radius 3 is 1.23 bits per heavy atom. The maximum absolute atomic E-state index is 12.5. The largest absolute Gasteiger partial charge is 0.460 e. The number of rotatable bonds is 4. The third-order valence-electron chi connectivity index (χ3n) is 2.40. The first-order chi connectivity index (χ1) is 11.2. The monoisotopic (exact) mass is 429 g/mol. The molecule has 1 N–H and O–H groups in total. The van der Waals surface area contributed by atoms with Crippen molar-refractivity contribution >= 4 is 10.1 Å². The molecule has 0 spiro atoms. The fourth-order valence-corrected chi connectivity index (χ4v) is 1.48. The summed E-state index contributed by atoms with van der Waals surface area (Å²) in [6.45, 7) is 0. The van der Waals surface area contributed by atoms with Gasteiger partial charge in [-0.05, 0) is 12.1 Å². The predicted octanol–water partition coefficient (Wildman–Crippen LogP) is 4.02. The van der Waals surface area contributed by atoms with Gasteiger partial charge in [0.25, 0.3) is 0 Å². The van der Waals surface area contributed by atoms with E-state index in [1.165, 1.54) is 0 Å². The summed E-state index contributed by atoms with van der Waals surface area (Å²) in [6.07, 6.45) is -3.89. The molecule has 0 saturated carbocycles. The van der Waals surface area contributed by atoms with Crippen LogP contribution in [0.4, 0.5) is 48.3 Å². The van der Waals surface area contributed by atoms with E-state index >= 15 is 0 Å². The second-order valence-electron chi connectivity index (χ2n) is 4.24. The minimum Gasteiger partial charge on any atom is -0.281 e. The van der Waals surface area contributed by atoms with Gasteiger partial charge in [-0.3, -0.25) is 9.54 Å². The summed E-state index contributed by atoms with van der Waals surface area (Å²) < 4.78 is 161. The highest BCUT2D eigenvalue weighted by Gasteiger charge is 2.89. The fraction of sp³-hybridized carbons (Fsp3) is 0.500. The van der Waals surface area contributed by atoms with Gasteiger partial charge in [0.1, 0.15) is 0 Å². The van der Waals surface area contributed by atoms with Gasteiger partial charge in [0.2, 0.25) is 0 Å². The molecule has 0 aliphatic heterocycles. The molecule has 1 aromatic rings. The van der Waals surface area contributed by atoms with Crippen molar-refractivity contribution in [3.63, 3.8) is 0 Å². The molecule has 16 heteroatoms. The van der Waals surface area contributed by atoms with Gasteiger partial charge in [0.05, 0.1) is 0 Å². The van der Waals surface area contributed by atoms with E-state index in [-0.39, 0.29) is 0 Å². The summed E-state index contributed by atoms with van der Waals surface area (Å²) in [6, 6.07) is 5.72. The first-order valence-electron chi connectivity index (χ1n) is 5.65. The molecule has 4 nitrogen and oxygen atoms in total. The molecule has 152 valence electrons. The van der Waals surface area contributed by atoms with Crippen LogP contribution in [0.5, 0.6) is 0 Å². The first kappa shape index (κ1) is 24.3. The summed E-state index contributed by atoms with van der Waals surface area (Å²) in [5.41, 5.74) is 0. The van der Waals surface area contributed by atoms with Gasteiger partial charge in [-0.1, -0.05) is 6.07 Å². The third-order valence-corrected chi connectivity index (χ3v) is 3.30. The van der Waals surface area contributed by atoms with Crippen LogP contribution in [0.3, 0.4) is 0 Å². The molecule has 0 atom stereocenters. The molecule has 26 heavy (non-hydrogen) atoms. The average Bonchev–Trinajstić information content (AvgIpc) is 2.46. The van der Waals surface area contributed by atoms with Gasteiger partial charge in [-0.25, -0.2) is 0 Å². The Morgan fingerprint density at radius 2 is 1.04 bits per heavy atom. The molecule has 0 fully saturated rings. The van der Waals surface area contributed by atoms with Gasteiger partial charge < -0.3 is 0 Å². The minimum absolute atomic E-state index is 1.75. The van der Waals surface area contributed by atoms with Crippen molar-refractivity contribution < 1.29 is 61.3 Å². The van der Waals surface area contributed by atoms with Crippen LogP contribution < -0.4 is 0 Å². The van der Waals surface area contributed by atoms with Crippen LogP contribution >= 0.6 is 0 Å². The molecule has 1 aromatic heterocycles. The third kappa shape index (κ3) is 4.16. The summed E-state index contributed by atoms with van der Waals surface area (Å²) >= 11 is 0. The highest BCUT2D eigenvalue weighted by molar-refractivity contribution is 7.87. The van der Waals surface area contributed by atoms with E-state index in [9.17, 15) is 56.7 Å². The van der Waals surface area contributed by atoms with E-state index in [1.807, 2.05) is 18.2 Å². The fourth-order valence-electron chi connectivity index (χ4n) is 1.03. The molecule has 0 aliphatic carbocycles. The summed E-state index contributed by atoms with van der Waals surface area (Å²) in [7, 11) is -7.41. The molecule has 0 saturated heterocycles. The van der Waals surface area contributed by atoms with Gasteiger partial charge in [-0.2, -0.15) is 56.7 Å². The molecule has 0 unspecified atom stereocenters. The number of alkyl halides is 11. The Hall–Kier alpha value is -1.71. The number of aromatic nitrogens is 1. The lowest BCUT2D eigenvalue weighted by molar-refractivity contribution is -0.413. The van der Waals surface area contributed by atoms with Crippen LogP contribution in [0.25, 0.3) is 0 Å². The van der Waals surface area contributed by atoms with E-state index in [0.717, 1.165) is 0 Å². The predicted molar refractivity (Wildman–Crippen MR) is 61.6 cm³/mol. The van der Waals surface area contributed by atoms with E-state index in [2.05, 4.69) is 4.98 Å². The topological polar surface area (TPSA) is 67.3 Å². The quantitative estimate of drug-likeness (QED) is 0.580. The molecule has 0 aromatic carbocycles. The molecular weight excluding hydrogens is 423 g/mol. The van der Waals surface area contributed by atoms with E-state index in [1.54, 1.807) is 12.4 Å². The number of hydrogen-bond donors (Lipinski definition) is 1. The van der Waals surface area contributed by atoms with Crippen LogP contribution in [-0.4, -0.2) is 47.2 Å². The molecule has 1 heterocycles. The van der Waals surface area contributed by atoms with Crippen LogP contribution in [0.1, 0.15) is 0 Å². The number of halogens is 11. The highest BCUT2D eigenvalue weighted by atomic mass is 32.2. The summed E-state index contributed by atoms with van der Waals surface area (Å²) in [5.74, 6) is -23.3. The second-order valence-corrected chi connectivity index (χ2v) is 5.70. The Morgan fingerprint density at radius 1 is 0.654 bits per heavy atom. The van der Waals surface area contributed by atoms with Crippen LogP contribution in [0.2, 0.25) is 0 Å². The Bertz CT molecular complexity index is 661. The summed E-state index contributed by atoms with van der Waals surface area (Å²) in [5, 5.41) is -7.29. The maximum atomic E-state index is 12.5. The van der Waals surface area contributed by atoms with Gasteiger partial charge in [0, 0.05) is 12.4 Å². The van der Waals surface area contributed by atoms with E-state index in [0.29, 0.717) is 0 Å². The number of hydrogen-bond acceptors (Lipinski definition) is 3. The van der Waals surface area contributed by atoms with E-state index in [4.69, 9.17) is 4.55 Å². The first-order valence-corrected chi connectivity index (χ1v) is 7.09. The molecule has 0 amide bonds. The lowest BCUT2D eigenvalue weighted by atomic mass is 10.0. The van der Waals surface area contributed by atoms with Crippen LogP contribution in [0, 0.1) is 0 Å². The van der Waals surface area contributed by atoms with Crippen molar-refractivity contribution in [3.05, 3.63) is 30.6 Å². The van der Waals surface area contributed by atoms with Crippen LogP contribution in [0.15, 0.2) is 30.6 Å². The Kier molecular flexibility index (Phi) is 6.66. The van der Waals surface area contributed by atoms with Crippen molar-refractivity contribution in [2.45, 2.75) is 29.2 Å². The zero-order valence-electron chi connectivity index (χ0n) is 11.7. The van der Waals surface area contributed by atoms with Gasteiger partial charge in [-0.15, -0.1) is 0 Å². The zero-order valence-corrected chi connectivity index (χ0v) is 12.5. The lowest BCUT2D eigenvalue weighted by Gasteiger charge is -2.35. The zero-order chi connectivity index (χ0) is 21.2. The Labute approximate surface area is 137 Å². The average molecular weight is 429 g/mol. The van der Waals surface area contributed by atoms with Gasteiger partial charge in [0.15, 0.2) is 0 Å². The maximum Gasteiger partial charge on any atom is 0.460 e. The number of nitrogens with zero attached hydrogens (tertiary/aromatic N) is 1. The SMILES string of the molecule is O=S(=O)(O)C(F)(F)C(F)(F)C(F)(F)C(F)(F)C(F)(F)F.c1ccncc1. The second kappa shape index (κ2) is 7.13. The van der Waals surface area contributed by atoms with Crippen molar-refractivity contribution in [1.29, 1.82) is 0 Å². The van der Waals surface area contributed by atoms with Crippen molar-refractivity contribution in [2.24, 2.45) is 0 Å². The number of pyridine rings is 1. The molecule has 0 bridgehead atoms. The molecule has 0 aliphatic rings. The standard InChI is InChI=1S/C5HF11O3S.C5H5N/c6-1(7,2(8,9)4(12,13)14)3(10,11)5(15,16)20(17,18)19;1-2-4-6-5-3-1/h(H,17,18,19);1-5H. The summed E-state index contributed by atoms with van der Waals surface area (Å²) in [4.78, 5) is 3.78. The van der Waals surface area contributed by atoms with Gasteiger partial charge >= 0.3 is 39.3 Å². The molecular formula is C10H6F11NO3S. The van der Waals surface area contributed by atoms with E-state index < -0.39 is 39.3 Å². The van der Waals surface area contributed by atoms with Crippen LogP contribution in [-0.2, 0) is 10.1 Å². The van der Waals surface area contributed by atoms with Crippen molar-refractivity contribution in [1.82, 2.24) is 4.98 Å². The minimum atomic E-state index is -7.86. The smallest absolute Gasteiger partial charge is 0.281 e. The highest BCUT2D eigenvalue weighted by Crippen LogP contribution is 2.58. The molecule has 1 rings (SSSR count). The van der Waals surface area contributed by atoms with Crippen molar-refractivity contribution in [2.75, 3.05) is 0 Å². The normalized spacial score (nSPS) is 14.5. The lowest BCUT2D eigenvalue weighted by Crippen LogP contribution is -2.67.